The van der Waals surface area contributed by atoms with E-state index in [4.69, 9.17) is 9.52 Å². The van der Waals surface area contributed by atoms with E-state index >= 15 is 0 Å². The number of hydrogen-bond donors (Lipinski definition) is 1. The van der Waals surface area contributed by atoms with E-state index in [-0.39, 0.29) is 11.5 Å². The van der Waals surface area contributed by atoms with Crippen molar-refractivity contribution in [1.82, 2.24) is 0 Å². The van der Waals surface area contributed by atoms with Crippen molar-refractivity contribution in [2.24, 2.45) is 0 Å². The number of carbonyl (C=O) groups is 1. The van der Waals surface area contributed by atoms with Crippen LogP contribution in [0.4, 0.5) is 5.69 Å². The Morgan fingerprint density at radius 3 is 2.77 bits per heavy atom. The number of carboxylic acid groups (broad SMARTS) is 1. The Bertz CT molecular complexity index is 837. The number of sulfonamides is 1. The normalized spacial score (nSPS) is 14.1. The lowest BCUT2D eigenvalue weighted by atomic mass is 10.1. The number of aliphatic carboxylic acids is 1. The van der Waals surface area contributed by atoms with Gasteiger partial charge < -0.3 is 9.52 Å². The molecular formula is C15H15NO5S. The van der Waals surface area contributed by atoms with Crippen molar-refractivity contribution < 1.29 is 22.7 Å². The van der Waals surface area contributed by atoms with Crippen molar-refractivity contribution >= 4 is 21.7 Å². The fraction of sp³-hybridized carbons (Fsp3) is 0.267. The molecule has 0 saturated carbocycles. The first-order chi connectivity index (χ1) is 10.4. The molecule has 0 radical (unpaired) electrons. The molecule has 0 saturated heterocycles. The molecule has 3 rings (SSSR count). The van der Waals surface area contributed by atoms with E-state index in [9.17, 15) is 13.2 Å². The van der Waals surface area contributed by atoms with E-state index in [1.807, 2.05) is 0 Å². The summed E-state index contributed by atoms with van der Waals surface area (Å²) in [6.07, 6.45) is 1.85. The van der Waals surface area contributed by atoms with Crippen LogP contribution >= 0.6 is 0 Å². The first-order valence-corrected chi connectivity index (χ1v) is 8.23. The van der Waals surface area contributed by atoms with Gasteiger partial charge in [0.05, 0.1) is 18.4 Å². The Hall–Kier alpha value is -2.28. The number of carboxylic acids is 1. The Kier molecular flexibility index (Phi) is 3.44. The maximum atomic E-state index is 12.7. The van der Waals surface area contributed by atoms with E-state index in [0.29, 0.717) is 24.2 Å². The Labute approximate surface area is 128 Å². The SMILES string of the molecule is Cc1coc(S(=O)(=O)N2CCc3ccc(CC(=O)O)cc32)c1. The van der Waals surface area contributed by atoms with E-state index in [1.165, 1.54) is 16.6 Å². The second kappa shape index (κ2) is 5.17. The van der Waals surface area contributed by atoms with Crippen LogP contribution in [0.2, 0.25) is 0 Å². The Morgan fingerprint density at radius 2 is 2.14 bits per heavy atom. The molecule has 7 heteroatoms. The number of aryl methyl sites for hydroxylation is 1. The molecule has 0 bridgehead atoms. The Balaban J connectivity index is 2.01. The third kappa shape index (κ3) is 2.48. The molecule has 1 aliphatic heterocycles. The minimum atomic E-state index is -3.76. The molecule has 0 amide bonds. The molecular weight excluding hydrogens is 306 g/mol. The fourth-order valence-corrected chi connectivity index (χ4v) is 4.06. The van der Waals surface area contributed by atoms with E-state index in [0.717, 1.165) is 11.1 Å². The van der Waals surface area contributed by atoms with Crippen LogP contribution in [-0.2, 0) is 27.7 Å². The number of rotatable bonds is 4. The van der Waals surface area contributed by atoms with Crippen molar-refractivity contribution in [3.8, 4) is 0 Å². The van der Waals surface area contributed by atoms with Gasteiger partial charge in [0.1, 0.15) is 0 Å². The van der Waals surface area contributed by atoms with Crippen LogP contribution < -0.4 is 4.31 Å². The van der Waals surface area contributed by atoms with Gasteiger partial charge in [-0.15, -0.1) is 0 Å². The summed E-state index contributed by atoms with van der Waals surface area (Å²) in [5.41, 5.74) is 2.73. The molecule has 1 aromatic heterocycles. The highest BCUT2D eigenvalue weighted by Gasteiger charge is 2.33. The lowest BCUT2D eigenvalue weighted by Crippen LogP contribution is -2.28. The molecule has 0 atom stereocenters. The van der Waals surface area contributed by atoms with Gasteiger partial charge >= 0.3 is 5.97 Å². The van der Waals surface area contributed by atoms with Gasteiger partial charge in [-0.2, -0.15) is 8.42 Å². The van der Waals surface area contributed by atoms with Crippen LogP contribution in [0.1, 0.15) is 16.7 Å². The summed E-state index contributed by atoms with van der Waals surface area (Å²) in [4.78, 5) is 10.8. The molecule has 22 heavy (non-hydrogen) atoms. The average Bonchev–Trinajstić information content (AvgIpc) is 3.04. The predicted octanol–water partition coefficient (Wildman–Crippen LogP) is 1.97. The number of nitrogens with zero attached hydrogens (tertiary/aromatic N) is 1. The monoisotopic (exact) mass is 321 g/mol. The molecule has 2 aromatic rings. The highest BCUT2D eigenvalue weighted by Crippen LogP contribution is 2.34. The molecule has 1 N–H and O–H groups in total. The molecule has 1 aromatic carbocycles. The third-order valence-corrected chi connectivity index (χ3v) is 5.29. The lowest BCUT2D eigenvalue weighted by Gasteiger charge is -2.18. The zero-order valence-electron chi connectivity index (χ0n) is 11.9. The highest BCUT2D eigenvalue weighted by molar-refractivity contribution is 7.92. The quantitative estimate of drug-likeness (QED) is 0.930. The number of fused-ring (bicyclic) bond motifs is 1. The second-order valence-corrected chi connectivity index (χ2v) is 7.10. The van der Waals surface area contributed by atoms with Crippen LogP contribution in [0.5, 0.6) is 0 Å². The minimum Gasteiger partial charge on any atom is -0.481 e. The number of furan rings is 1. The maximum Gasteiger partial charge on any atom is 0.307 e. The van der Waals surface area contributed by atoms with Gasteiger partial charge in [0, 0.05) is 12.6 Å². The van der Waals surface area contributed by atoms with Gasteiger partial charge in [-0.3, -0.25) is 9.10 Å². The summed E-state index contributed by atoms with van der Waals surface area (Å²) < 4.78 is 31.7. The first-order valence-electron chi connectivity index (χ1n) is 6.79. The van der Waals surface area contributed by atoms with Gasteiger partial charge in [0.15, 0.2) is 0 Å². The molecule has 116 valence electrons. The van der Waals surface area contributed by atoms with Gasteiger partial charge in [-0.05, 0) is 36.1 Å². The highest BCUT2D eigenvalue weighted by atomic mass is 32.2. The fourth-order valence-electron chi connectivity index (χ4n) is 2.58. The molecule has 0 aliphatic carbocycles. The molecule has 2 heterocycles. The Morgan fingerprint density at radius 1 is 1.36 bits per heavy atom. The standard InChI is InChI=1S/C15H15NO5S/c1-10-6-15(21-9-10)22(19,20)16-5-4-12-3-2-11(7-13(12)16)8-14(17)18/h2-3,6-7,9H,4-5,8H2,1H3,(H,17,18). The van der Waals surface area contributed by atoms with E-state index in [2.05, 4.69) is 0 Å². The number of benzene rings is 1. The maximum absolute atomic E-state index is 12.7. The summed E-state index contributed by atoms with van der Waals surface area (Å²) >= 11 is 0. The first kappa shape index (κ1) is 14.6. The van der Waals surface area contributed by atoms with Crippen molar-refractivity contribution in [3.63, 3.8) is 0 Å². The van der Waals surface area contributed by atoms with Crippen LogP contribution in [0.3, 0.4) is 0 Å². The van der Waals surface area contributed by atoms with Crippen LogP contribution in [0, 0.1) is 6.92 Å². The van der Waals surface area contributed by atoms with Crippen molar-refractivity contribution in [2.75, 3.05) is 10.8 Å². The molecule has 0 unspecified atom stereocenters. The summed E-state index contributed by atoms with van der Waals surface area (Å²) in [5, 5.41) is 8.78. The zero-order valence-corrected chi connectivity index (χ0v) is 12.8. The molecule has 1 aliphatic rings. The zero-order chi connectivity index (χ0) is 15.9. The summed E-state index contributed by atoms with van der Waals surface area (Å²) in [5.74, 6) is -0.950. The summed E-state index contributed by atoms with van der Waals surface area (Å²) in [6.45, 7) is 2.08. The van der Waals surface area contributed by atoms with Crippen LogP contribution in [-0.4, -0.2) is 26.0 Å². The second-order valence-electron chi connectivity index (χ2n) is 5.30. The largest absolute Gasteiger partial charge is 0.481 e. The summed E-state index contributed by atoms with van der Waals surface area (Å²) in [6, 6.07) is 6.62. The smallest absolute Gasteiger partial charge is 0.307 e. The average molecular weight is 321 g/mol. The number of anilines is 1. The van der Waals surface area contributed by atoms with Gasteiger partial charge in [0.25, 0.3) is 10.0 Å². The number of hydrogen-bond acceptors (Lipinski definition) is 4. The van der Waals surface area contributed by atoms with E-state index in [1.54, 1.807) is 25.1 Å². The van der Waals surface area contributed by atoms with Crippen LogP contribution in [0.25, 0.3) is 0 Å². The van der Waals surface area contributed by atoms with Crippen LogP contribution in [0.15, 0.2) is 40.0 Å². The molecule has 0 spiro atoms. The van der Waals surface area contributed by atoms with Gasteiger partial charge in [0.2, 0.25) is 5.09 Å². The minimum absolute atomic E-state index is 0.0958. The van der Waals surface area contributed by atoms with Crippen molar-refractivity contribution in [3.05, 3.63) is 47.2 Å². The topological polar surface area (TPSA) is 87.8 Å². The van der Waals surface area contributed by atoms with Crippen molar-refractivity contribution in [2.45, 2.75) is 24.9 Å². The van der Waals surface area contributed by atoms with Gasteiger partial charge in [-0.1, -0.05) is 12.1 Å². The predicted molar refractivity (Wildman–Crippen MR) is 79.5 cm³/mol. The van der Waals surface area contributed by atoms with E-state index < -0.39 is 16.0 Å². The van der Waals surface area contributed by atoms with Gasteiger partial charge in [-0.25, -0.2) is 0 Å². The van der Waals surface area contributed by atoms with Crippen molar-refractivity contribution in [1.29, 1.82) is 0 Å². The third-order valence-electron chi connectivity index (χ3n) is 3.61. The summed E-state index contributed by atoms with van der Waals surface area (Å²) in [7, 11) is -3.76. The molecule has 0 fully saturated rings. The molecule has 6 nitrogen and oxygen atoms in total. The lowest BCUT2D eigenvalue weighted by molar-refractivity contribution is -0.136.